The van der Waals surface area contributed by atoms with Crippen LogP contribution in [0.2, 0.25) is 5.02 Å². The molecule has 0 bridgehead atoms. The Morgan fingerprint density at radius 1 is 1.10 bits per heavy atom. The summed E-state index contributed by atoms with van der Waals surface area (Å²) in [7, 11) is 0. The predicted molar refractivity (Wildman–Crippen MR) is 91.5 cm³/mol. The summed E-state index contributed by atoms with van der Waals surface area (Å²) in [6.45, 7) is 2.05. The van der Waals surface area contributed by atoms with Crippen molar-refractivity contribution >= 4 is 33.0 Å². The highest BCUT2D eigenvalue weighted by Gasteiger charge is 2.39. The van der Waals surface area contributed by atoms with Crippen LogP contribution >= 0.6 is 22.9 Å². The lowest BCUT2D eigenvalue weighted by Crippen LogP contribution is -2.58. The number of nitrogens with one attached hydrogen (secondary N) is 1. The van der Waals surface area contributed by atoms with E-state index in [9.17, 15) is 0 Å². The van der Waals surface area contributed by atoms with Crippen LogP contribution in [0.4, 0.5) is 0 Å². The van der Waals surface area contributed by atoms with Crippen LogP contribution in [-0.2, 0) is 11.8 Å². The van der Waals surface area contributed by atoms with Crippen molar-refractivity contribution in [1.82, 2.24) is 5.32 Å². The average Bonchev–Trinajstić information content (AvgIpc) is 2.86. The van der Waals surface area contributed by atoms with Crippen LogP contribution in [0, 0.1) is 0 Å². The third kappa shape index (κ3) is 2.28. The standard InChI is InChI=1S/C18H16ClNS/c19-15-5-3-4-14(8-15)18(11-20-12-18)9-13-10-21-17-7-2-1-6-16(13)17/h1-8,10,20H,9,11-12H2. The number of benzene rings is 2. The molecule has 0 amide bonds. The fourth-order valence-electron chi connectivity index (χ4n) is 3.21. The minimum atomic E-state index is 0.189. The van der Waals surface area contributed by atoms with E-state index in [1.807, 2.05) is 17.4 Å². The zero-order chi connectivity index (χ0) is 14.3. The van der Waals surface area contributed by atoms with Crippen molar-refractivity contribution in [1.29, 1.82) is 0 Å². The van der Waals surface area contributed by atoms with Crippen LogP contribution < -0.4 is 5.32 Å². The highest BCUT2D eigenvalue weighted by Crippen LogP contribution is 2.37. The van der Waals surface area contributed by atoms with Crippen molar-refractivity contribution in [2.75, 3.05) is 13.1 Å². The van der Waals surface area contributed by atoms with Gasteiger partial charge in [-0.2, -0.15) is 0 Å². The van der Waals surface area contributed by atoms with E-state index >= 15 is 0 Å². The molecule has 1 fully saturated rings. The molecule has 1 aromatic heterocycles. The number of hydrogen-bond acceptors (Lipinski definition) is 2. The number of fused-ring (bicyclic) bond motifs is 1. The first-order valence-corrected chi connectivity index (χ1v) is 8.45. The fraction of sp³-hybridized carbons (Fsp3) is 0.222. The van der Waals surface area contributed by atoms with Gasteiger partial charge in [0, 0.05) is 28.2 Å². The van der Waals surface area contributed by atoms with Gasteiger partial charge in [-0.1, -0.05) is 41.9 Å². The quantitative estimate of drug-likeness (QED) is 0.743. The van der Waals surface area contributed by atoms with Crippen LogP contribution in [0.5, 0.6) is 0 Å². The van der Waals surface area contributed by atoms with Gasteiger partial charge < -0.3 is 5.32 Å². The molecule has 0 saturated carbocycles. The summed E-state index contributed by atoms with van der Waals surface area (Å²) in [5.41, 5.74) is 3.00. The molecule has 3 aromatic rings. The summed E-state index contributed by atoms with van der Waals surface area (Å²) in [6.07, 6.45) is 1.07. The van der Waals surface area contributed by atoms with Crippen LogP contribution in [0.3, 0.4) is 0 Å². The normalized spacial score (nSPS) is 16.8. The summed E-state index contributed by atoms with van der Waals surface area (Å²) in [5, 5.41) is 7.98. The van der Waals surface area contributed by atoms with Gasteiger partial charge in [-0.25, -0.2) is 0 Å². The first-order valence-electron chi connectivity index (χ1n) is 7.19. The molecule has 1 saturated heterocycles. The molecule has 0 atom stereocenters. The Morgan fingerprint density at radius 2 is 1.95 bits per heavy atom. The van der Waals surface area contributed by atoms with Crippen LogP contribution in [0.25, 0.3) is 10.1 Å². The Hall–Kier alpha value is -1.35. The van der Waals surface area contributed by atoms with Crippen molar-refractivity contribution in [2.24, 2.45) is 0 Å². The van der Waals surface area contributed by atoms with Crippen molar-refractivity contribution in [3.8, 4) is 0 Å². The predicted octanol–water partition coefficient (Wildman–Crippen LogP) is 4.64. The van der Waals surface area contributed by atoms with E-state index in [-0.39, 0.29) is 5.41 Å². The number of thiophene rings is 1. The van der Waals surface area contributed by atoms with E-state index in [1.165, 1.54) is 21.2 Å². The molecule has 2 aromatic carbocycles. The molecule has 0 radical (unpaired) electrons. The molecule has 106 valence electrons. The second-order valence-electron chi connectivity index (χ2n) is 5.83. The van der Waals surface area contributed by atoms with E-state index < -0.39 is 0 Å². The first kappa shape index (κ1) is 13.3. The van der Waals surface area contributed by atoms with Gasteiger partial charge in [0.2, 0.25) is 0 Å². The Morgan fingerprint density at radius 3 is 2.71 bits per heavy atom. The van der Waals surface area contributed by atoms with Crippen molar-refractivity contribution in [3.63, 3.8) is 0 Å². The Kier molecular flexibility index (Phi) is 3.26. The van der Waals surface area contributed by atoms with E-state index in [1.54, 1.807) is 0 Å². The van der Waals surface area contributed by atoms with Crippen molar-refractivity contribution < 1.29 is 0 Å². The summed E-state index contributed by atoms with van der Waals surface area (Å²) in [5.74, 6) is 0. The summed E-state index contributed by atoms with van der Waals surface area (Å²) < 4.78 is 1.38. The van der Waals surface area contributed by atoms with E-state index in [0.29, 0.717) is 0 Å². The molecule has 2 heterocycles. The Bertz CT molecular complexity index is 789. The lowest BCUT2D eigenvalue weighted by Gasteiger charge is -2.43. The van der Waals surface area contributed by atoms with Crippen LogP contribution in [0.15, 0.2) is 53.9 Å². The minimum Gasteiger partial charge on any atom is -0.315 e. The number of rotatable bonds is 3. The van der Waals surface area contributed by atoms with Gasteiger partial charge in [0.1, 0.15) is 0 Å². The van der Waals surface area contributed by atoms with Gasteiger partial charge in [0.15, 0.2) is 0 Å². The van der Waals surface area contributed by atoms with Gasteiger partial charge in [0.05, 0.1) is 0 Å². The summed E-state index contributed by atoms with van der Waals surface area (Å²) in [6, 6.07) is 17.0. The van der Waals surface area contributed by atoms with Gasteiger partial charge in [0.25, 0.3) is 0 Å². The number of hydrogen-bond donors (Lipinski definition) is 1. The Labute approximate surface area is 133 Å². The molecule has 4 rings (SSSR count). The second kappa shape index (κ2) is 5.13. The van der Waals surface area contributed by atoms with Crippen molar-refractivity contribution in [3.05, 3.63) is 70.1 Å². The van der Waals surface area contributed by atoms with Gasteiger partial charge in [-0.15, -0.1) is 11.3 Å². The SMILES string of the molecule is Clc1cccc(C2(Cc3csc4ccccc34)CNC2)c1. The highest BCUT2D eigenvalue weighted by molar-refractivity contribution is 7.17. The summed E-state index contributed by atoms with van der Waals surface area (Å²) >= 11 is 8.03. The van der Waals surface area contributed by atoms with Gasteiger partial charge in [-0.3, -0.25) is 0 Å². The topological polar surface area (TPSA) is 12.0 Å². The lowest BCUT2D eigenvalue weighted by molar-refractivity contribution is 0.275. The van der Waals surface area contributed by atoms with E-state index in [0.717, 1.165) is 24.5 Å². The smallest absolute Gasteiger partial charge is 0.0408 e. The zero-order valence-electron chi connectivity index (χ0n) is 11.6. The third-order valence-corrected chi connectivity index (χ3v) is 5.70. The first-order chi connectivity index (χ1) is 10.3. The summed E-state index contributed by atoms with van der Waals surface area (Å²) in [4.78, 5) is 0. The third-order valence-electron chi connectivity index (χ3n) is 4.45. The highest BCUT2D eigenvalue weighted by atomic mass is 35.5. The molecule has 0 aliphatic carbocycles. The van der Waals surface area contributed by atoms with Crippen LogP contribution in [0.1, 0.15) is 11.1 Å². The molecule has 0 spiro atoms. The number of halogens is 1. The van der Waals surface area contributed by atoms with Gasteiger partial charge >= 0.3 is 0 Å². The van der Waals surface area contributed by atoms with Crippen LogP contribution in [-0.4, -0.2) is 13.1 Å². The maximum absolute atomic E-state index is 6.19. The molecule has 21 heavy (non-hydrogen) atoms. The van der Waals surface area contributed by atoms with E-state index in [2.05, 4.69) is 53.2 Å². The molecular formula is C18H16ClNS. The maximum atomic E-state index is 6.19. The van der Waals surface area contributed by atoms with Gasteiger partial charge in [-0.05, 0) is 46.5 Å². The average molecular weight is 314 g/mol. The molecule has 1 aliphatic rings. The molecule has 1 nitrogen and oxygen atoms in total. The molecule has 1 N–H and O–H groups in total. The molecule has 1 aliphatic heterocycles. The zero-order valence-corrected chi connectivity index (χ0v) is 13.2. The Balaban J connectivity index is 1.74. The van der Waals surface area contributed by atoms with E-state index in [4.69, 9.17) is 11.6 Å². The monoisotopic (exact) mass is 313 g/mol. The largest absolute Gasteiger partial charge is 0.315 e. The second-order valence-corrected chi connectivity index (χ2v) is 7.18. The molecule has 3 heteroatoms. The minimum absolute atomic E-state index is 0.189. The van der Waals surface area contributed by atoms with Crippen molar-refractivity contribution in [2.45, 2.75) is 11.8 Å². The molecular weight excluding hydrogens is 298 g/mol. The molecule has 0 unspecified atom stereocenters. The maximum Gasteiger partial charge on any atom is 0.0408 e. The lowest BCUT2D eigenvalue weighted by atomic mass is 9.71. The fourth-order valence-corrected chi connectivity index (χ4v) is 4.36.